The van der Waals surface area contributed by atoms with Crippen LogP contribution in [0.2, 0.25) is 0 Å². The van der Waals surface area contributed by atoms with Crippen LogP contribution in [-0.2, 0) is 12.8 Å². The summed E-state index contributed by atoms with van der Waals surface area (Å²) in [6.07, 6.45) is 2.03. The van der Waals surface area contributed by atoms with Gasteiger partial charge in [-0.2, -0.15) is 0 Å². The van der Waals surface area contributed by atoms with Crippen LogP contribution < -0.4 is 5.73 Å². The molecule has 1 unspecified atom stereocenters. The van der Waals surface area contributed by atoms with E-state index in [1.807, 2.05) is 11.3 Å². The number of hydrogen-bond acceptors (Lipinski definition) is 2. The van der Waals surface area contributed by atoms with Crippen LogP contribution in [0.25, 0.3) is 0 Å². The lowest BCUT2D eigenvalue weighted by atomic mass is 9.99. The minimum atomic E-state index is 0.0776. The lowest BCUT2D eigenvalue weighted by Crippen LogP contribution is -2.13. The highest BCUT2D eigenvalue weighted by Crippen LogP contribution is 2.28. The Morgan fingerprint density at radius 2 is 1.74 bits per heavy atom. The molecular weight excluding hydrogens is 318 g/mol. The van der Waals surface area contributed by atoms with E-state index < -0.39 is 0 Å². The predicted molar refractivity (Wildman–Crippen MR) is 87.9 cm³/mol. The van der Waals surface area contributed by atoms with E-state index in [1.54, 1.807) is 0 Å². The molecule has 1 atom stereocenters. The molecule has 2 rings (SSSR count). The molecule has 0 spiro atoms. The molecule has 0 radical (unpaired) electrons. The molecule has 1 nitrogen and oxygen atoms in total. The minimum absolute atomic E-state index is 0.0776. The standard InChI is InChI=1S/C16H20BrNS/c1-4-13-5-6-14(19-13)9-15(18)12-7-10(2)16(17)11(3)8-12/h5-8,15H,4,9,18H2,1-3H3. The number of rotatable bonds is 4. The van der Waals surface area contributed by atoms with E-state index in [4.69, 9.17) is 5.73 Å². The quantitative estimate of drug-likeness (QED) is 0.840. The van der Waals surface area contributed by atoms with Crippen molar-refractivity contribution in [3.05, 3.63) is 55.2 Å². The van der Waals surface area contributed by atoms with Gasteiger partial charge in [0.2, 0.25) is 0 Å². The summed E-state index contributed by atoms with van der Waals surface area (Å²) in [4.78, 5) is 2.81. The van der Waals surface area contributed by atoms with E-state index in [0.717, 1.165) is 12.8 Å². The molecule has 0 aliphatic rings. The molecule has 0 amide bonds. The van der Waals surface area contributed by atoms with Crippen LogP contribution in [0, 0.1) is 13.8 Å². The van der Waals surface area contributed by atoms with Crippen molar-refractivity contribution < 1.29 is 0 Å². The summed E-state index contributed by atoms with van der Waals surface area (Å²) in [5.74, 6) is 0. The van der Waals surface area contributed by atoms with Crippen molar-refractivity contribution in [2.45, 2.75) is 39.7 Å². The van der Waals surface area contributed by atoms with Crippen molar-refractivity contribution in [1.82, 2.24) is 0 Å². The summed E-state index contributed by atoms with van der Waals surface area (Å²) >= 11 is 5.48. The van der Waals surface area contributed by atoms with Crippen LogP contribution in [0.5, 0.6) is 0 Å². The second-order valence-corrected chi connectivity index (χ2v) is 7.05. The van der Waals surface area contributed by atoms with Gasteiger partial charge in [-0.25, -0.2) is 0 Å². The zero-order valence-electron chi connectivity index (χ0n) is 11.7. The van der Waals surface area contributed by atoms with Gasteiger partial charge < -0.3 is 5.73 Å². The lowest BCUT2D eigenvalue weighted by molar-refractivity contribution is 0.728. The molecule has 0 bridgehead atoms. The molecule has 2 N–H and O–H groups in total. The molecule has 0 aliphatic heterocycles. The average molecular weight is 338 g/mol. The topological polar surface area (TPSA) is 26.0 Å². The first-order chi connectivity index (χ1) is 9.01. The third-order valence-electron chi connectivity index (χ3n) is 3.37. The van der Waals surface area contributed by atoms with Crippen LogP contribution in [0.3, 0.4) is 0 Å². The molecule has 1 aromatic carbocycles. The second-order valence-electron chi connectivity index (χ2n) is 5.00. The Kier molecular flexibility index (Phi) is 4.82. The third-order valence-corrected chi connectivity index (χ3v) is 5.88. The van der Waals surface area contributed by atoms with Crippen LogP contribution in [0.4, 0.5) is 0 Å². The van der Waals surface area contributed by atoms with Crippen LogP contribution >= 0.6 is 27.3 Å². The van der Waals surface area contributed by atoms with Gasteiger partial charge in [0.15, 0.2) is 0 Å². The van der Waals surface area contributed by atoms with Crippen molar-refractivity contribution in [2.75, 3.05) is 0 Å². The maximum atomic E-state index is 6.36. The van der Waals surface area contributed by atoms with Crippen molar-refractivity contribution in [3.8, 4) is 0 Å². The zero-order chi connectivity index (χ0) is 14.0. The van der Waals surface area contributed by atoms with Crippen molar-refractivity contribution in [2.24, 2.45) is 5.73 Å². The Hall–Kier alpha value is -0.640. The van der Waals surface area contributed by atoms with Gasteiger partial charge in [0.25, 0.3) is 0 Å². The molecule has 3 heteroatoms. The molecule has 1 heterocycles. The molecule has 0 aliphatic carbocycles. The highest BCUT2D eigenvalue weighted by Gasteiger charge is 2.11. The molecule has 0 saturated heterocycles. The fraction of sp³-hybridized carbons (Fsp3) is 0.375. The van der Waals surface area contributed by atoms with Crippen LogP contribution in [0.1, 0.15) is 39.4 Å². The first-order valence-electron chi connectivity index (χ1n) is 6.61. The SMILES string of the molecule is CCc1ccc(CC(N)c2cc(C)c(Br)c(C)c2)s1. The maximum absolute atomic E-state index is 6.36. The fourth-order valence-corrected chi connectivity index (χ4v) is 3.50. The number of halogens is 1. The number of hydrogen-bond donors (Lipinski definition) is 1. The van der Waals surface area contributed by atoms with Gasteiger partial charge in [-0.1, -0.05) is 35.0 Å². The van der Waals surface area contributed by atoms with E-state index in [0.29, 0.717) is 0 Å². The summed E-state index contributed by atoms with van der Waals surface area (Å²) in [6.45, 7) is 6.43. The Bertz CT molecular complexity index is 551. The predicted octanol–water partition coefficient (Wildman–Crippen LogP) is 4.93. The van der Waals surface area contributed by atoms with E-state index in [1.165, 1.54) is 30.9 Å². The molecule has 0 fully saturated rings. The van der Waals surface area contributed by atoms with E-state index in [-0.39, 0.29) is 6.04 Å². The first-order valence-corrected chi connectivity index (χ1v) is 8.22. The van der Waals surface area contributed by atoms with Crippen molar-refractivity contribution in [1.29, 1.82) is 0 Å². The Morgan fingerprint density at radius 1 is 1.16 bits per heavy atom. The molecule has 0 saturated carbocycles. The highest BCUT2D eigenvalue weighted by molar-refractivity contribution is 9.10. The molecule has 1 aromatic heterocycles. The molecule has 102 valence electrons. The number of nitrogens with two attached hydrogens (primary N) is 1. The van der Waals surface area contributed by atoms with Gasteiger partial charge in [0, 0.05) is 26.7 Å². The van der Waals surface area contributed by atoms with Gasteiger partial charge in [-0.15, -0.1) is 11.3 Å². The second kappa shape index (κ2) is 6.21. The smallest absolute Gasteiger partial charge is 0.0343 e. The number of aryl methyl sites for hydroxylation is 3. The summed E-state index contributed by atoms with van der Waals surface area (Å²) in [7, 11) is 0. The largest absolute Gasteiger partial charge is 0.324 e. The summed E-state index contributed by atoms with van der Waals surface area (Å²) < 4.78 is 1.19. The zero-order valence-corrected chi connectivity index (χ0v) is 14.1. The van der Waals surface area contributed by atoms with Crippen LogP contribution in [0.15, 0.2) is 28.7 Å². The Morgan fingerprint density at radius 3 is 2.26 bits per heavy atom. The van der Waals surface area contributed by atoms with Crippen molar-refractivity contribution in [3.63, 3.8) is 0 Å². The number of thiophene rings is 1. The maximum Gasteiger partial charge on any atom is 0.0343 e. The van der Waals surface area contributed by atoms with Gasteiger partial charge in [-0.05, 0) is 49.1 Å². The molecular formula is C16H20BrNS. The highest BCUT2D eigenvalue weighted by atomic mass is 79.9. The van der Waals surface area contributed by atoms with Gasteiger partial charge in [-0.3, -0.25) is 0 Å². The fourth-order valence-electron chi connectivity index (χ4n) is 2.25. The normalized spacial score (nSPS) is 12.7. The number of benzene rings is 1. The summed E-state index contributed by atoms with van der Waals surface area (Å²) in [5, 5.41) is 0. The third kappa shape index (κ3) is 3.47. The summed E-state index contributed by atoms with van der Waals surface area (Å²) in [6, 6.07) is 8.88. The van der Waals surface area contributed by atoms with Crippen molar-refractivity contribution >= 4 is 27.3 Å². The minimum Gasteiger partial charge on any atom is -0.324 e. The van der Waals surface area contributed by atoms with E-state index in [9.17, 15) is 0 Å². The lowest BCUT2D eigenvalue weighted by Gasteiger charge is -2.14. The Labute approximate surface area is 128 Å². The van der Waals surface area contributed by atoms with Crippen LogP contribution in [-0.4, -0.2) is 0 Å². The Balaban J connectivity index is 2.17. The van der Waals surface area contributed by atoms with Gasteiger partial charge in [0.1, 0.15) is 0 Å². The molecule has 2 aromatic rings. The average Bonchev–Trinajstić information content (AvgIpc) is 2.83. The molecule has 19 heavy (non-hydrogen) atoms. The first kappa shape index (κ1) is 14.8. The van der Waals surface area contributed by atoms with E-state index >= 15 is 0 Å². The van der Waals surface area contributed by atoms with E-state index in [2.05, 4.69) is 61.0 Å². The van der Waals surface area contributed by atoms with Gasteiger partial charge >= 0.3 is 0 Å². The summed E-state index contributed by atoms with van der Waals surface area (Å²) in [5.41, 5.74) is 10.1. The van der Waals surface area contributed by atoms with Gasteiger partial charge in [0.05, 0.1) is 0 Å². The monoisotopic (exact) mass is 337 g/mol.